The first-order valence-electron chi connectivity index (χ1n) is 4.54. The molecule has 2 rings (SSSR count). The van der Waals surface area contributed by atoms with E-state index in [-0.39, 0.29) is 0 Å². The van der Waals surface area contributed by atoms with E-state index in [1.807, 2.05) is 31.2 Å². The van der Waals surface area contributed by atoms with Crippen molar-refractivity contribution in [3.8, 4) is 0 Å². The number of rotatable bonds is 1. The summed E-state index contributed by atoms with van der Waals surface area (Å²) in [6.07, 6.45) is 2.68. The Morgan fingerprint density at radius 3 is 2.71 bits per heavy atom. The van der Waals surface area contributed by atoms with E-state index in [1.165, 1.54) is 0 Å². The third kappa shape index (κ3) is 1.05. The summed E-state index contributed by atoms with van der Waals surface area (Å²) in [5, 5.41) is 0. The maximum absolute atomic E-state index is 10.9. The minimum absolute atomic E-state index is 0.771. The molecule has 2 aromatic heterocycles. The minimum atomic E-state index is 0.771. The molecular weight excluding hydrogens is 176 g/mol. The van der Waals surface area contributed by atoms with Crippen LogP contribution < -0.4 is 0 Å². The zero-order valence-corrected chi connectivity index (χ0v) is 8.53. The molecule has 3 nitrogen and oxygen atoms in total. The number of carbonyl (C=O) groups is 1. The second-order valence-corrected chi connectivity index (χ2v) is 3.53. The lowest BCUT2D eigenvalue weighted by atomic mass is 10.1. The molecule has 2 aromatic rings. The van der Waals surface area contributed by atoms with Crippen LogP contribution in [-0.2, 0) is 0 Å². The van der Waals surface area contributed by atoms with Gasteiger partial charge in [-0.1, -0.05) is 0 Å². The molecule has 3 heteroatoms. The van der Waals surface area contributed by atoms with Crippen molar-refractivity contribution < 1.29 is 4.79 Å². The normalized spacial score (nSPS) is 10.8. The van der Waals surface area contributed by atoms with Crippen molar-refractivity contribution in [2.45, 2.75) is 20.8 Å². The average Bonchev–Trinajstić information content (AvgIpc) is 2.39. The van der Waals surface area contributed by atoms with Crippen LogP contribution in [0.4, 0.5) is 0 Å². The zero-order chi connectivity index (χ0) is 10.3. The average molecular weight is 188 g/mol. The molecule has 14 heavy (non-hydrogen) atoms. The quantitative estimate of drug-likeness (QED) is 0.642. The molecule has 0 aliphatic heterocycles. The Balaban J connectivity index is 2.96. The fraction of sp³-hybridized carbons (Fsp3) is 0.273. The van der Waals surface area contributed by atoms with Gasteiger partial charge in [-0.15, -0.1) is 0 Å². The van der Waals surface area contributed by atoms with Gasteiger partial charge in [0.2, 0.25) is 0 Å². The molecule has 0 fully saturated rings. The highest BCUT2D eigenvalue weighted by Gasteiger charge is 2.10. The van der Waals surface area contributed by atoms with Crippen LogP contribution in [0.1, 0.15) is 27.3 Å². The molecule has 0 bridgehead atoms. The van der Waals surface area contributed by atoms with Crippen LogP contribution in [-0.4, -0.2) is 15.7 Å². The molecule has 0 aliphatic rings. The maximum Gasteiger partial charge on any atom is 0.152 e. The lowest BCUT2D eigenvalue weighted by Crippen LogP contribution is -1.91. The Kier molecular flexibility index (Phi) is 1.88. The topological polar surface area (TPSA) is 34.4 Å². The van der Waals surface area contributed by atoms with Gasteiger partial charge >= 0.3 is 0 Å². The van der Waals surface area contributed by atoms with Crippen molar-refractivity contribution in [1.29, 1.82) is 0 Å². The fourth-order valence-corrected chi connectivity index (χ4v) is 1.71. The zero-order valence-electron chi connectivity index (χ0n) is 8.53. The van der Waals surface area contributed by atoms with E-state index in [4.69, 9.17) is 0 Å². The minimum Gasteiger partial charge on any atom is -0.304 e. The lowest BCUT2D eigenvalue weighted by Gasteiger charge is -1.97. The van der Waals surface area contributed by atoms with Gasteiger partial charge in [0.15, 0.2) is 6.29 Å². The molecule has 0 saturated carbocycles. The van der Waals surface area contributed by atoms with Crippen LogP contribution in [0.2, 0.25) is 0 Å². The summed E-state index contributed by atoms with van der Waals surface area (Å²) in [4.78, 5) is 15.1. The van der Waals surface area contributed by atoms with Crippen LogP contribution in [0, 0.1) is 20.8 Å². The summed E-state index contributed by atoms with van der Waals surface area (Å²) in [5.41, 5.74) is 4.76. The molecule has 0 aliphatic carbocycles. The smallest absolute Gasteiger partial charge is 0.152 e. The predicted octanol–water partition coefficient (Wildman–Crippen LogP) is 2.07. The first-order chi connectivity index (χ1) is 6.65. The number of aromatic nitrogens is 2. The summed E-state index contributed by atoms with van der Waals surface area (Å²) in [6, 6.07) is 1.93. The summed E-state index contributed by atoms with van der Waals surface area (Å²) >= 11 is 0. The number of aryl methyl sites for hydroxylation is 2. The summed E-state index contributed by atoms with van der Waals surface area (Å²) in [6.45, 7) is 5.87. The second kappa shape index (κ2) is 2.94. The third-order valence-corrected chi connectivity index (χ3v) is 2.68. The standard InChI is InChI=1S/C11H12N2O/c1-7-4-11-10(5-14)8(2)9(3)13(11)6-12-7/h4-6H,1-3H3. The Morgan fingerprint density at radius 2 is 2.07 bits per heavy atom. The van der Waals surface area contributed by atoms with Gasteiger partial charge in [0.1, 0.15) is 0 Å². The van der Waals surface area contributed by atoms with Gasteiger partial charge in [0, 0.05) is 17.0 Å². The number of carbonyl (C=O) groups excluding carboxylic acids is 1. The molecular formula is C11H12N2O. The monoisotopic (exact) mass is 188 g/mol. The maximum atomic E-state index is 10.9. The van der Waals surface area contributed by atoms with E-state index in [0.29, 0.717) is 0 Å². The molecule has 0 amide bonds. The summed E-state index contributed by atoms with van der Waals surface area (Å²) in [5.74, 6) is 0. The van der Waals surface area contributed by atoms with Crippen LogP contribution in [0.5, 0.6) is 0 Å². The van der Waals surface area contributed by atoms with Crippen molar-refractivity contribution in [3.05, 3.63) is 34.9 Å². The molecule has 0 saturated heterocycles. The molecule has 0 unspecified atom stereocenters. The third-order valence-electron chi connectivity index (χ3n) is 2.68. The highest BCUT2D eigenvalue weighted by Crippen LogP contribution is 2.20. The number of fused-ring (bicyclic) bond motifs is 1. The van der Waals surface area contributed by atoms with Crippen LogP contribution in [0.25, 0.3) is 5.52 Å². The van der Waals surface area contributed by atoms with Crippen molar-refractivity contribution in [2.75, 3.05) is 0 Å². The van der Waals surface area contributed by atoms with Gasteiger partial charge in [0.25, 0.3) is 0 Å². The summed E-state index contributed by atoms with van der Waals surface area (Å²) < 4.78 is 1.95. The lowest BCUT2D eigenvalue weighted by molar-refractivity contribution is 0.112. The fourth-order valence-electron chi connectivity index (χ4n) is 1.71. The summed E-state index contributed by atoms with van der Waals surface area (Å²) in [7, 11) is 0. The molecule has 0 aromatic carbocycles. The number of nitrogens with zero attached hydrogens (tertiary/aromatic N) is 2. The van der Waals surface area contributed by atoms with E-state index >= 15 is 0 Å². The number of hydrogen-bond acceptors (Lipinski definition) is 2. The van der Waals surface area contributed by atoms with Gasteiger partial charge in [-0.3, -0.25) is 4.79 Å². The van der Waals surface area contributed by atoms with Crippen molar-refractivity contribution in [2.24, 2.45) is 0 Å². The Morgan fingerprint density at radius 1 is 1.36 bits per heavy atom. The molecule has 0 N–H and O–H groups in total. The second-order valence-electron chi connectivity index (χ2n) is 3.53. The Labute approximate surface area is 82.4 Å². The Bertz CT molecular complexity index is 511. The van der Waals surface area contributed by atoms with Crippen LogP contribution in [0.15, 0.2) is 12.4 Å². The molecule has 0 atom stereocenters. The molecule has 0 radical (unpaired) electrons. The van der Waals surface area contributed by atoms with Gasteiger partial charge in [-0.2, -0.15) is 0 Å². The van der Waals surface area contributed by atoms with Gasteiger partial charge < -0.3 is 4.40 Å². The molecule has 0 spiro atoms. The first kappa shape index (κ1) is 8.94. The first-order valence-corrected chi connectivity index (χ1v) is 4.54. The van der Waals surface area contributed by atoms with E-state index in [0.717, 1.165) is 34.3 Å². The van der Waals surface area contributed by atoms with E-state index in [2.05, 4.69) is 4.98 Å². The highest BCUT2D eigenvalue weighted by atomic mass is 16.1. The van der Waals surface area contributed by atoms with E-state index in [9.17, 15) is 4.79 Å². The largest absolute Gasteiger partial charge is 0.304 e. The van der Waals surface area contributed by atoms with Crippen molar-refractivity contribution in [1.82, 2.24) is 9.38 Å². The molecule has 72 valence electrons. The van der Waals surface area contributed by atoms with Crippen LogP contribution in [0.3, 0.4) is 0 Å². The van der Waals surface area contributed by atoms with Gasteiger partial charge in [0.05, 0.1) is 11.8 Å². The van der Waals surface area contributed by atoms with Crippen molar-refractivity contribution in [3.63, 3.8) is 0 Å². The van der Waals surface area contributed by atoms with E-state index < -0.39 is 0 Å². The number of aldehydes is 1. The van der Waals surface area contributed by atoms with Gasteiger partial charge in [-0.25, -0.2) is 4.98 Å². The highest BCUT2D eigenvalue weighted by molar-refractivity contribution is 5.89. The molecule has 2 heterocycles. The van der Waals surface area contributed by atoms with Crippen molar-refractivity contribution >= 4 is 11.8 Å². The van der Waals surface area contributed by atoms with Gasteiger partial charge in [-0.05, 0) is 32.4 Å². The SMILES string of the molecule is Cc1cc2c(C=O)c(C)c(C)n2cn1. The predicted molar refractivity (Wildman–Crippen MR) is 54.8 cm³/mol. The Hall–Kier alpha value is -1.64. The van der Waals surface area contributed by atoms with E-state index in [1.54, 1.807) is 6.33 Å². The van der Waals surface area contributed by atoms with Crippen LogP contribution >= 0.6 is 0 Å². The number of hydrogen-bond donors (Lipinski definition) is 0.